The van der Waals surface area contributed by atoms with Crippen LogP contribution in [-0.2, 0) is 22.4 Å². The summed E-state index contributed by atoms with van der Waals surface area (Å²) in [7, 11) is -1.40. The zero-order valence-corrected chi connectivity index (χ0v) is 23.4. The van der Waals surface area contributed by atoms with Gasteiger partial charge < -0.3 is 24.1 Å². The van der Waals surface area contributed by atoms with Crippen LogP contribution in [0.25, 0.3) is 11.0 Å². The van der Waals surface area contributed by atoms with Crippen LogP contribution in [0, 0.1) is 17.0 Å². The maximum absolute atomic E-state index is 15.0. The number of nitrogens with one attached hydrogen (secondary N) is 1. The lowest BCUT2D eigenvalue weighted by Gasteiger charge is -2.28. The number of alkyl halides is 3. The number of ether oxygens (including phenoxy) is 3. The molecule has 7 nitrogen and oxygen atoms in total. The molecule has 39 heavy (non-hydrogen) atoms. The van der Waals surface area contributed by atoms with Crippen molar-refractivity contribution in [1.82, 2.24) is 9.55 Å². The van der Waals surface area contributed by atoms with Crippen LogP contribution in [0.1, 0.15) is 19.4 Å². The molecule has 0 bridgehead atoms. The fraction of sp³-hybridized carbons (Fsp3) is 0.462. The van der Waals surface area contributed by atoms with E-state index < -0.39 is 48.3 Å². The summed E-state index contributed by atoms with van der Waals surface area (Å²) in [6, 6.07) is 3.97. The van der Waals surface area contributed by atoms with Gasteiger partial charge in [-0.3, -0.25) is 0 Å². The topological polar surface area (TPSA) is 69.9 Å². The van der Waals surface area contributed by atoms with Crippen molar-refractivity contribution >= 4 is 30.8 Å². The second-order valence-corrected chi connectivity index (χ2v) is 17.1. The van der Waals surface area contributed by atoms with Crippen molar-refractivity contribution < 1.29 is 36.2 Å². The van der Waals surface area contributed by atoms with E-state index in [0.29, 0.717) is 19.8 Å². The number of benzene rings is 1. The van der Waals surface area contributed by atoms with Crippen molar-refractivity contribution in [3.63, 3.8) is 0 Å². The van der Waals surface area contributed by atoms with Crippen LogP contribution in [0.2, 0.25) is 25.7 Å². The highest BCUT2D eigenvalue weighted by Gasteiger charge is 2.37. The summed E-state index contributed by atoms with van der Waals surface area (Å²) in [5, 5.41) is 2.28. The smallest absolute Gasteiger partial charge is 0.418 e. The van der Waals surface area contributed by atoms with Gasteiger partial charge in [0.05, 0.1) is 24.1 Å². The third-order valence-corrected chi connectivity index (χ3v) is 7.67. The minimum absolute atomic E-state index is 0.00767. The Kier molecular flexibility index (Phi) is 7.95. The van der Waals surface area contributed by atoms with Gasteiger partial charge in [0.1, 0.15) is 18.1 Å². The summed E-state index contributed by atoms with van der Waals surface area (Å²) in [6.45, 7) is 11.5. The summed E-state index contributed by atoms with van der Waals surface area (Å²) in [5.74, 6) is -3.49. The molecule has 13 heteroatoms. The standard InChI is InChI=1S/C26H31F5N4O3Si/c1-25(2)13-33-24(37-14-25)34-16-10-18(27)22(19(28)11-16)38-20-6-7-32-23-21(20)17(26(29,30)31)12-35(23)15-36-8-9-39(3,4)5/h6-7,10-12H,8-9,13-15H2,1-5H3,(H,33,34). The first-order chi connectivity index (χ1) is 18.1. The third kappa shape index (κ3) is 7.07. The number of hydrogen-bond acceptors (Lipinski definition) is 6. The van der Waals surface area contributed by atoms with E-state index in [1.165, 1.54) is 10.8 Å². The molecule has 0 amide bonds. The number of aromatic nitrogens is 2. The van der Waals surface area contributed by atoms with E-state index in [-0.39, 0.29) is 29.5 Å². The Morgan fingerprint density at radius 3 is 2.44 bits per heavy atom. The fourth-order valence-electron chi connectivity index (χ4n) is 3.81. The lowest BCUT2D eigenvalue weighted by atomic mass is 9.95. The predicted molar refractivity (Wildman–Crippen MR) is 141 cm³/mol. The van der Waals surface area contributed by atoms with E-state index in [4.69, 9.17) is 14.2 Å². The molecule has 3 heterocycles. The molecule has 1 aromatic carbocycles. The first-order valence-corrected chi connectivity index (χ1v) is 16.1. The molecule has 0 saturated heterocycles. The minimum atomic E-state index is -4.77. The molecule has 0 atom stereocenters. The molecule has 0 radical (unpaired) electrons. The van der Waals surface area contributed by atoms with Crippen molar-refractivity contribution in [1.29, 1.82) is 0 Å². The van der Waals surface area contributed by atoms with Gasteiger partial charge in [0.25, 0.3) is 6.02 Å². The van der Waals surface area contributed by atoms with Gasteiger partial charge in [0.2, 0.25) is 0 Å². The van der Waals surface area contributed by atoms with Gasteiger partial charge in [0, 0.05) is 50.3 Å². The number of hydrogen-bond donors (Lipinski definition) is 1. The van der Waals surface area contributed by atoms with E-state index in [0.717, 1.165) is 30.4 Å². The van der Waals surface area contributed by atoms with Crippen molar-refractivity contribution in [2.75, 3.05) is 25.1 Å². The molecule has 1 N–H and O–H groups in total. The summed E-state index contributed by atoms with van der Waals surface area (Å²) >= 11 is 0. The number of halogens is 5. The molecule has 1 aliphatic rings. The van der Waals surface area contributed by atoms with Gasteiger partial charge in [0.15, 0.2) is 17.4 Å². The van der Waals surface area contributed by atoms with E-state index in [1.54, 1.807) is 0 Å². The Morgan fingerprint density at radius 2 is 1.85 bits per heavy atom. The lowest BCUT2D eigenvalue weighted by molar-refractivity contribution is -0.136. The fourth-order valence-corrected chi connectivity index (χ4v) is 4.56. The SMILES string of the molecule is CC1(C)CN=C(Nc2cc(F)c(Oc3ccnc4c3c(C(F)(F)F)cn4COCC[Si](C)(C)C)c(F)c2)OC1. The number of amidine groups is 1. The van der Waals surface area contributed by atoms with Gasteiger partial charge in [-0.25, -0.2) is 18.8 Å². The molecule has 0 saturated carbocycles. The Hall–Kier alpha value is -3.19. The van der Waals surface area contributed by atoms with Crippen LogP contribution in [0.15, 0.2) is 35.6 Å². The summed E-state index contributed by atoms with van der Waals surface area (Å²) in [5.41, 5.74) is -1.29. The number of pyridine rings is 1. The molecule has 2 aromatic heterocycles. The van der Waals surface area contributed by atoms with Crippen molar-refractivity contribution in [2.24, 2.45) is 10.4 Å². The highest BCUT2D eigenvalue weighted by atomic mass is 28.3. The largest absolute Gasteiger partial charge is 0.464 e. The molecular formula is C26H31F5N4O3Si. The van der Waals surface area contributed by atoms with Crippen molar-refractivity contribution in [3.8, 4) is 11.5 Å². The molecule has 0 unspecified atom stereocenters. The molecule has 0 aliphatic carbocycles. The zero-order valence-electron chi connectivity index (χ0n) is 22.4. The average Bonchev–Trinajstić information content (AvgIpc) is 3.20. The number of anilines is 1. The Morgan fingerprint density at radius 1 is 1.15 bits per heavy atom. The van der Waals surface area contributed by atoms with Crippen LogP contribution in [0.5, 0.6) is 11.5 Å². The highest BCUT2D eigenvalue weighted by Crippen LogP contribution is 2.42. The van der Waals surface area contributed by atoms with Gasteiger partial charge in [-0.15, -0.1) is 0 Å². The van der Waals surface area contributed by atoms with Crippen LogP contribution >= 0.6 is 0 Å². The normalized spacial score (nSPS) is 15.7. The second kappa shape index (κ2) is 10.8. The van der Waals surface area contributed by atoms with E-state index >= 15 is 0 Å². The van der Waals surface area contributed by atoms with Crippen LogP contribution in [0.4, 0.5) is 27.6 Å². The summed E-state index contributed by atoms with van der Waals surface area (Å²) < 4.78 is 89.6. The lowest BCUT2D eigenvalue weighted by Crippen LogP contribution is -2.33. The van der Waals surface area contributed by atoms with E-state index in [9.17, 15) is 22.0 Å². The monoisotopic (exact) mass is 570 g/mol. The van der Waals surface area contributed by atoms with Gasteiger partial charge >= 0.3 is 6.18 Å². The Bertz CT molecular complexity index is 1360. The number of fused-ring (bicyclic) bond motifs is 1. The van der Waals surface area contributed by atoms with Gasteiger partial charge in [-0.05, 0) is 12.1 Å². The maximum Gasteiger partial charge on any atom is 0.418 e. The Labute approximate surface area is 224 Å². The molecular weight excluding hydrogens is 539 g/mol. The first-order valence-electron chi connectivity index (χ1n) is 12.4. The van der Waals surface area contributed by atoms with Gasteiger partial charge in [-0.1, -0.05) is 33.5 Å². The third-order valence-electron chi connectivity index (χ3n) is 5.96. The summed E-state index contributed by atoms with van der Waals surface area (Å²) in [4.78, 5) is 8.28. The predicted octanol–water partition coefficient (Wildman–Crippen LogP) is 7.26. The van der Waals surface area contributed by atoms with Crippen LogP contribution < -0.4 is 10.1 Å². The highest BCUT2D eigenvalue weighted by molar-refractivity contribution is 6.76. The summed E-state index contributed by atoms with van der Waals surface area (Å²) in [6.07, 6.45) is -2.70. The minimum Gasteiger partial charge on any atom is -0.464 e. The molecule has 1 aliphatic heterocycles. The van der Waals surface area contributed by atoms with Crippen molar-refractivity contribution in [3.05, 3.63) is 47.8 Å². The van der Waals surface area contributed by atoms with Crippen LogP contribution in [0.3, 0.4) is 0 Å². The van der Waals surface area contributed by atoms with E-state index in [2.05, 4.69) is 34.9 Å². The molecule has 212 valence electrons. The molecule has 0 spiro atoms. The van der Waals surface area contributed by atoms with Crippen LogP contribution in [-0.4, -0.2) is 43.4 Å². The molecule has 4 rings (SSSR count). The average molecular weight is 571 g/mol. The number of aliphatic imine (C=N–C) groups is 1. The Balaban J connectivity index is 1.61. The second-order valence-electron chi connectivity index (χ2n) is 11.4. The maximum atomic E-state index is 15.0. The zero-order chi connectivity index (χ0) is 28.6. The molecule has 0 fully saturated rings. The quantitative estimate of drug-likeness (QED) is 0.175. The van der Waals surface area contributed by atoms with Gasteiger partial charge in [-0.2, -0.15) is 13.2 Å². The number of rotatable bonds is 8. The van der Waals surface area contributed by atoms with Crippen molar-refractivity contribution in [2.45, 2.75) is 52.4 Å². The van der Waals surface area contributed by atoms with E-state index in [1.807, 2.05) is 13.8 Å². The molecule has 3 aromatic rings. The number of nitrogens with zero attached hydrogens (tertiary/aromatic N) is 3. The first kappa shape index (κ1) is 28.8.